The second-order valence-corrected chi connectivity index (χ2v) is 11.5. The Labute approximate surface area is 219 Å². The molecule has 0 aromatic heterocycles. The predicted molar refractivity (Wildman–Crippen MR) is 140 cm³/mol. The Morgan fingerprint density at radius 2 is 1.59 bits per heavy atom. The molecule has 1 aliphatic rings. The molecule has 0 radical (unpaired) electrons. The average Bonchev–Trinajstić information content (AvgIpc) is 2.89. The van der Waals surface area contributed by atoms with Crippen LogP contribution in [0.5, 0.6) is 0 Å². The van der Waals surface area contributed by atoms with E-state index in [9.17, 15) is 18.0 Å². The number of benzene rings is 2. The second kappa shape index (κ2) is 12.8. The number of amides is 2. The molecule has 1 fully saturated rings. The van der Waals surface area contributed by atoms with Gasteiger partial charge in [-0.3, -0.25) is 9.59 Å². The number of rotatable bonds is 10. The highest BCUT2D eigenvalue weighted by molar-refractivity contribution is 7.88. The molecule has 9 nitrogen and oxygen atoms in total. The lowest BCUT2D eigenvalue weighted by Crippen LogP contribution is -2.50. The molecule has 10 heteroatoms. The molecule has 37 heavy (non-hydrogen) atoms. The number of ether oxygens (including phenoxy) is 1. The van der Waals surface area contributed by atoms with Crippen LogP contribution >= 0.6 is 0 Å². The van der Waals surface area contributed by atoms with Crippen LogP contribution in [0, 0.1) is 17.2 Å². The minimum absolute atomic E-state index is 0.0952. The fourth-order valence-electron chi connectivity index (χ4n) is 4.24. The monoisotopic (exact) mass is 526 g/mol. The van der Waals surface area contributed by atoms with Crippen molar-refractivity contribution < 1.29 is 22.7 Å². The van der Waals surface area contributed by atoms with E-state index >= 15 is 0 Å². The predicted octanol–water partition coefficient (Wildman–Crippen LogP) is 2.56. The van der Waals surface area contributed by atoms with E-state index in [2.05, 4.69) is 5.32 Å². The molecule has 1 heterocycles. The molecular weight excluding hydrogens is 492 g/mol. The van der Waals surface area contributed by atoms with Gasteiger partial charge < -0.3 is 15.0 Å². The van der Waals surface area contributed by atoms with Crippen molar-refractivity contribution >= 4 is 21.8 Å². The van der Waals surface area contributed by atoms with Crippen molar-refractivity contribution in [2.75, 3.05) is 39.0 Å². The largest absolute Gasteiger partial charge is 0.356 e. The van der Waals surface area contributed by atoms with Crippen molar-refractivity contribution in [2.45, 2.75) is 32.5 Å². The Hall–Kier alpha value is -3.26. The number of carbonyl (C=O) groups excluding carboxylic acids is 2. The average molecular weight is 527 g/mol. The van der Waals surface area contributed by atoms with E-state index in [-0.39, 0.29) is 37.4 Å². The van der Waals surface area contributed by atoms with Crippen molar-refractivity contribution in [1.29, 1.82) is 5.26 Å². The normalized spacial score (nSPS) is 16.1. The van der Waals surface area contributed by atoms with Gasteiger partial charge in [-0.2, -0.15) is 9.57 Å². The molecule has 2 atom stereocenters. The number of nitrogens with zero attached hydrogens (tertiary/aromatic N) is 3. The second-order valence-electron chi connectivity index (χ2n) is 9.50. The fourth-order valence-corrected chi connectivity index (χ4v) is 5.07. The fraction of sp³-hybridized carbons (Fsp3) is 0.444. The summed E-state index contributed by atoms with van der Waals surface area (Å²) in [5.41, 5.74) is 2.14. The van der Waals surface area contributed by atoms with E-state index in [0.717, 1.165) is 11.1 Å². The maximum absolute atomic E-state index is 13.0. The van der Waals surface area contributed by atoms with Gasteiger partial charge in [0.15, 0.2) is 0 Å². The van der Waals surface area contributed by atoms with Crippen LogP contribution in [0.1, 0.15) is 47.9 Å². The van der Waals surface area contributed by atoms with Crippen LogP contribution in [0.3, 0.4) is 0 Å². The van der Waals surface area contributed by atoms with Crippen molar-refractivity contribution in [3.8, 4) is 6.07 Å². The molecule has 0 bridgehead atoms. The molecule has 1 aliphatic heterocycles. The van der Waals surface area contributed by atoms with Gasteiger partial charge in [0.25, 0.3) is 5.91 Å². The van der Waals surface area contributed by atoms with Gasteiger partial charge in [-0.05, 0) is 35.6 Å². The van der Waals surface area contributed by atoms with E-state index in [1.807, 2.05) is 62.4 Å². The number of piperazine rings is 1. The van der Waals surface area contributed by atoms with Gasteiger partial charge in [-0.25, -0.2) is 8.42 Å². The zero-order chi connectivity index (χ0) is 27.0. The van der Waals surface area contributed by atoms with E-state index in [0.29, 0.717) is 25.1 Å². The number of sulfonamides is 1. The van der Waals surface area contributed by atoms with Gasteiger partial charge in [0, 0.05) is 31.7 Å². The Bertz CT molecular complexity index is 1200. The highest BCUT2D eigenvalue weighted by Gasteiger charge is 2.28. The number of hydrogen-bond donors (Lipinski definition) is 1. The van der Waals surface area contributed by atoms with Gasteiger partial charge >= 0.3 is 0 Å². The molecular formula is C27H34N4O5S. The summed E-state index contributed by atoms with van der Waals surface area (Å²) < 4.78 is 31.3. The van der Waals surface area contributed by atoms with Crippen molar-refractivity contribution in [3.05, 3.63) is 71.3 Å². The van der Waals surface area contributed by atoms with Gasteiger partial charge in [0.05, 0.1) is 12.3 Å². The van der Waals surface area contributed by atoms with Crippen LogP contribution < -0.4 is 5.32 Å². The summed E-state index contributed by atoms with van der Waals surface area (Å²) in [6.45, 7) is 5.12. The number of nitrogens with one attached hydrogen (secondary N) is 1. The number of carbonyl (C=O) groups is 2. The summed E-state index contributed by atoms with van der Waals surface area (Å²) in [6, 6.07) is 18.5. The summed E-state index contributed by atoms with van der Waals surface area (Å²) in [7, 11) is -3.27. The minimum atomic E-state index is -3.27. The molecule has 0 saturated carbocycles. The third-order valence-corrected chi connectivity index (χ3v) is 7.48. The first-order valence-electron chi connectivity index (χ1n) is 12.3. The summed E-state index contributed by atoms with van der Waals surface area (Å²) in [5, 5.41) is 11.5. The lowest BCUT2D eigenvalue weighted by Gasteiger charge is -2.33. The molecule has 2 amide bonds. The first kappa shape index (κ1) is 28.3. The zero-order valence-electron chi connectivity index (χ0n) is 21.5. The van der Waals surface area contributed by atoms with Crippen LogP contribution in [-0.4, -0.2) is 74.5 Å². The summed E-state index contributed by atoms with van der Waals surface area (Å²) in [5.74, 6) is -0.306. The highest BCUT2D eigenvalue weighted by atomic mass is 32.2. The van der Waals surface area contributed by atoms with Gasteiger partial charge in [-0.1, -0.05) is 56.3 Å². The molecule has 2 aromatic carbocycles. The lowest BCUT2D eigenvalue weighted by molar-refractivity contribution is -0.136. The summed E-state index contributed by atoms with van der Waals surface area (Å²) in [4.78, 5) is 27.5. The van der Waals surface area contributed by atoms with Gasteiger partial charge in [0.1, 0.15) is 18.8 Å². The molecule has 3 rings (SSSR count). The molecule has 0 spiro atoms. The van der Waals surface area contributed by atoms with E-state index < -0.39 is 22.2 Å². The lowest BCUT2D eigenvalue weighted by atomic mass is 9.98. The summed E-state index contributed by atoms with van der Waals surface area (Å²) in [6.07, 6.45) is 0.343. The first-order chi connectivity index (χ1) is 17.6. The Kier molecular flexibility index (Phi) is 9.80. The first-order valence-corrected chi connectivity index (χ1v) is 14.1. The third kappa shape index (κ3) is 7.86. The Balaban J connectivity index is 1.80. The quantitative estimate of drug-likeness (QED) is 0.475. The molecule has 198 valence electrons. The van der Waals surface area contributed by atoms with Crippen LogP contribution in [0.2, 0.25) is 0 Å². The minimum Gasteiger partial charge on any atom is -0.356 e. The number of nitriles is 1. The van der Waals surface area contributed by atoms with E-state index in [1.54, 1.807) is 17.0 Å². The van der Waals surface area contributed by atoms with E-state index in [1.165, 1.54) is 10.6 Å². The van der Waals surface area contributed by atoms with Gasteiger partial charge in [-0.15, -0.1) is 0 Å². The maximum atomic E-state index is 13.0. The number of hydrogen-bond acceptors (Lipinski definition) is 6. The smallest absolute Gasteiger partial charge is 0.253 e. The zero-order valence-corrected chi connectivity index (χ0v) is 22.3. The SMILES string of the molecule is CC(C)CC(OC(c1ccccc1)c1ccc(C(=O)N2CCN(S(C)(=O)=O)CC2)cc1)C(=O)NCC#N. The van der Waals surface area contributed by atoms with Crippen LogP contribution in [-0.2, 0) is 19.6 Å². The van der Waals surface area contributed by atoms with Crippen molar-refractivity contribution in [2.24, 2.45) is 5.92 Å². The summed E-state index contributed by atoms with van der Waals surface area (Å²) >= 11 is 0. The molecule has 1 saturated heterocycles. The van der Waals surface area contributed by atoms with Crippen molar-refractivity contribution in [3.63, 3.8) is 0 Å². The standard InChI is InChI=1S/C27H34N4O5S/c1-20(2)19-24(26(32)29-14-13-28)36-25(21-7-5-4-6-8-21)22-9-11-23(12-10-22)27(33)30-15-17-31(18-16-30)37(3,34)35/h4-12,20,24-25H,14-19H2,1-3H3,(H,29,32). The molecule has 2 aromatic rings. The molecule has 0 aliphatic carbocycles. The van der Waals surface area contributed by atoms with E-state index in [4.69, 9.17) is 10.00 Å². The van der Waals surface area contributed by atoms with Gasteiger partial charge in [0.2, 0.25) is 15.9 Å². The third-order valence-electron chi connectivity index (χ3n) is 6.18. The van der Waals surface area contributed by atoms with Crippen LogP contribution in [0.4, 0.5) is 0 Å². The van der Waals surface area contributed by atoms with Crippen LogP contribution in [0.15, 0.2) is 54.6 Å². The van der Waals surface area contributed by atoms with Crippen molar-refractivity contribution in [1.82, 2.24) is 14.5 Å². The Morgan fingerprint density at radius 3 is 2.14 bits per heavy atom. The molecule has 2 unspecified atom stereocenters. The van der Waals surface area contributed by atoms with Crippen LogP contribution in [0.25, 0.3) is 0 Å². The Morgan fingerprint density at radius 1 is 1.00 bits per heavy atom. The topological polar surface area (TPSA) is 120 Å². The highest BCUT2D eigenvalue weighted by Crippen LogP contribution is 2.29. The maximum Gasteiger partial charge on any atom is 0.253 e. The molecule has 1 N–H and O–H groups in total.